The van der Waals surface area contributed by atoms with E-state index in [0.717, 1.165) is 11.3 Å². The van der Waals surface area contributed by atoms with Gasteiger partial charge in [0.25, 0.3) is 0 Å². The molecule has 6 nitrogen and oxygen atoms in total. The van der Waals surface area contributed by atoms with Crippen LogP contribution < -0.4 is 4.72 Å². The van der Waals surface area contributed by atoms with Gasteiger partial charge < -0.3 is 4.57 Å². The van der Waals surface area contributed by atoms with E-state index in [2.05, 4.69) is 9.82 Å². The SMILES string of the molecule is Cc1nn(C)c(C)c1S(=O)(=O)NCc1cccn1Cc1ccc(Cl)cc1. The summed E-state index contributed by atoms with van der Waals surface area (Å²) in [5.74, 6) is 0. The van der Waals surface area contributed by atoms with E-state index in [-0.39, 0.29) is 11.4 Å². The van der Waals surface area contributed by atoms with Crippen LogP contribution in [0.15, 0.2) is 47.5 Å². The van der Waals surface area contributed by atoms with E-state index in [4.69, 9.17) is 11.6 Å². The van der Waals surface area contributed by atoms with Gasteiger partial charge in [-0.2, -0.15) is 5.10 Å². The molecule has 0 aliphatic heterocycles. The lowest BCUT2D eigenvalue weighted by Gasteiger charge is -2.11. The van der Waals surface area contributed by atoms with Crippen molar-refractivity contribution in [3.05, 3.63) is 70.3 Å². The van der Waals surface area contributed by atoms with Crippen molar-refractivity contribution < 1.29 is 8.42 Å². The molecule has 1 N–H and O–H groups in total. The number of hydrogen-bond acceptors (Lipinski definition) is 3. The molecule has 0 saturated carbocycles. The molecule has 26 heavy (non-hydrogen) atoms. The molecule has 0 radical (unpaired) electrons. The summed E-state index contributed by atoms with van der Waals surface area (Å²) in [5, 5.41) is 4.88. The van der Waals surface area contributed by atoms with Crippen molar-refractivity contribution >= 4 is 21.6 Å². The van der Waals surface area contributed by atoms with Crippen LogP contribution in [-0.2, 0) is 30.2 Å². The van der Waals surface area contributed by atoms with Crippen molar-refractivity contribution in [3.8, 4) is 0 Å². The first-order chi connectivity index (χ1) is 12.3. The topological polar surface area (TPSA) is 68.9 Å². The highest BCUT2D eigenvalue weighted by atomic mass is 35.5. The average Bonchev–Trinajstić information content (AvgIpc) is 3.12. The molecule has 3 rings (SSSR count). The van der Waals surface area contributed by atoms with E-state index in [9.17, 15) is 8.42 Å². The van der Waals surface area contributed by atoms with Crippen molar-refractivity contribution in [1.29, 1.82) is 0 Å². The summed E-state index contributed by atoms with van der Waals surface area (Å²) in [4.78, 5) is 0.246. The van der Waals surface area contributed by atoms with Gasteiger partial charge in [-0.3, -0.25) is 4.68 Å². The molecule has 0 unspecified atom stereocenters. The van der Waals surface area contributed by atoms with Crippen molar-refractivity contribution in [1.82, 2.24) is 19.1 Å². The zero-order valence-electron chi connectivity index (χ0n) is 14.9. The Kier molecular flexibility index (Phi) is 5.22. The Morgan fingerprint density at radius 1 is 1.15 bits per heavy atom. The first-order valence-corrected chi connectivity index (χ1v) is 10.0. The number of hydrogen-bond donors (Lipinski definition) is 1. The summed E-state index contributed by atoms with van der Waals surface area (Å²) in [6, 6.07) is 11.4. The average molecular weight is 393 g/mol. The first kappa shape index (κ1) is 18.7. The predicted octanol–water partition coefficient (Wildman–Crippen LogP) is 3.02. The highest BCUT2D eigenvalue weighted by Gasteiger charge is 2.23. The Morgan fingerprint density at radius 3 is 2.46 bits per heavy atom. The van der Waals surface area contributed by atoms with Gasteiger partial charge in [0.1, 0.15) is 4.90 Å². The number of halogens is 1. The van der Waals surface area contributed by atoms with E-state index in [0.29, 0.717) is 23.0 Å². The molecule has 0 aliphatic carbocycles. The van der Waals surface area contributed by atoms with Crippen LogP contribution in [-0.4, -0.2) is 22.8 Å². The van der Waals surface area contributed by atoms with Crippen LogP contribution in [0.3, 0.4) is 0 Å². The normalized spacial score (nSPS) is 11.8. The van der Waals surface area contributed by atoms with Crippen molar-refractivity contribution in [2.75, 3.05) is 0 Å². The number of aromatic nitrogens is 3. The Hall–Kier alpha value is -2.09. The largest absolute Gasteiger partial charge is 0.346 e. The highest BCUT2D eigenvalue weighted by molar-refractivity contribution is 7.89. The molecule has 0 aliphatic rings. The third kappa shape index (κ3) is 3.85. The zero-order chi connectivity index (χ0) is 18.9. The third-order valence-electron chi connectivity index (χ3n) is 4.34. The van der Waals surface area contributed by atoms with E-state index in [1.165, 1.54) is 0 Å². The summed E-state index contributed by atoms with van der Waals surface area (Å²) in [5.41, 5.74) is 3.08. The molecule has 0 atom stereocenters. The summed E-state index contributed by atoms with van der Waals surface area (Å²) in [6.45, 7) is 4.30. The molecule has 1 aromatic carbocycles. The molecule has 0 amide bonds. The molecule has 2 heterocycles. The van der Waals surface area contributed by atoms with Crippen LogP contribution in [0.1, 0.15) is 22.6 Å². The second kappa shape index (κ2) is 7.26. The number of nitrogens with one attached hydrogen (secondary N) is 1. The summed E-state index contributed by atoms with van der Waals surface area (Å²) in [7, 11) is -1.90. The van der Waals surface area contributed by atoms with Gasteiger partial charge in [-0.25, -0.2) is 13.1 Å². The quantitative estimate of drug-likeness (QED) is 0.701. The molecule has 3 aromatic rings. The summed E-state index contributed by atoms with van der Waals surface area (Å²) < 4.78 is 31.7. The van der Waals surface area contributed by atoms with Crippen LogP contribution in [0.2, 0.25) is 5.02 Å². The van der Waals surface area contributed by atoms with Gasteiger partial charge in [0, 0.05) is 30.5 Å². The van der Waals surface area contributed by atoms with Gasteiger partial charge in [0.05, 0.1) is 17.9 Å². The molecular formula is C18H21ClN4O2S. The Morgan fingerprint density at radius 2 is 1.85 bits per heavy atom. The number of aryl methyl sites for hydroxylation is 2. The van der Waals surface area contributed by atoms with Gasteiger partial charge in [-0.15, -0.1) is 0 Å². The van der Waals surface area contributed by atoms with E-state index in [1.807, 2.05) is 47.2 Å². The Bertz CT molecular complexity index is 1020. The fourth-order valence-corrected chi connectivity index (χ4v) is 4.49. The smallest absolute Gasteiger partial charge is 0.244 e. The molecule has 0 spiro atoms. The van der Waals surface area contributed by atoms with Gasteiger partial charge >= 0.3 is 0 Å². The molecule has 2 aromatic heterocycles. The molecule has 8 heteroatoms. The van der Waals surface area contributed by atoms with E-state index >= 15 is 0 Å². The minimum absolute atomic E-state index is 0.205. The molecule has 0 bridgehead atoms. The predicted molar refractivity (Wildman–Crippen MR) is 102 cm³/mol. The van der Waals surface area contributed by atoms with Crippen molar-refractivity contribution in [2.24, 2.45) is 7.05 Å². The Balaban J connectivity index is 1.76. The molecule has 138 valence electrons. The lowest BCUT2D eigenvalue weighted by Crippen LogP contribution is -2.25. The maximum Gasteiger partial charge on any atom is 0.244 e. The maximum absolute atomic E-state index is 12.7. The van der Waals surface area contributed by atoms with Crippen LogP contribution >= 0.6 is 11.6 Å². The Labute approximate surface area is 158 Å². The van der Waals surface area contributed by atoms with Gasteiger partial charge in [-0.1, -0.05) is 23.7 Å². The van der Waals surface area contributed by atoms with Crippen LogP contribution in [0, 0.1) is 13.8 Å². The second-order valence-corrected chi connectivity index (χ2v) is 8.34. The van der Waals surface area contributed by atoms with Crippen LogP contribution in [0.5, 0.6) is 0 Å². The summed E-state index contributed by atoms with van der Waals surface area (Å²) >= 11 is 5.92. The van der Waals surface area contributed by atoms with Crippen LogP contribution in [0.4, 0.5) is 0 Å². The van der Waals surface area contributed by atoms with E-state index < -0.39 is 10.0 Å². The number of nitrogens with zero attached hydrogens (tertiary/aromatic N) is 3. The summed E-state index contributed by atoms with van der Waals surface area (Å²) in [6.07, 6.45) is 1.93. The van der Waals surface area contributed by atoms with E-state index in [1.54, 1.807) is 25.6 Å². The minimum atomic E-state index is -3.64. The number of benzene rings is 1. The zero-order valence-corrected chi connectivity index (χ0v) is 16.5. The fraction of sp³-hybridized carbons (Fsp3) is 0.278. The first-order valence-electron chi connectivity index (χ1n) is 8.16. The number of sulfonamides is 1. The van der Waals surface area contributed by atoms with Gasteiger partial charge in [0.2, 0.25) is 10.0 Å². The number of rotatable bonds is 6. The van der Waals surface area contributed by atoms with Crippen molar-refractivity contribution in [3.63, 3.8) is 0 Å². The van der Waals surface area contributed by atoms with Crippen LogP contribution in [0.25, 0.3) is 0 Å². The monoisotopic (exact) mass is 392 g/mol. The van der Waals surface area contributed by atoms with Gasteiger partial charge in [0.15, 0.2) is 0 Å². The molecule has 0 saturated heterocycles. The lowest BCUT2D eigenvalue weighted by molar-refractivity contribution is 0.576. The highest BCUT2D eigenvalue weighted by Crippen LogP contribution is 2.19. The fourth-order valence-electron chi connectivity index (χ4n) is 2.93. The maximum atomic E-state index is 12.7. The van der Waals surface area contributed by atoms with Crippen molar-refractivity contribution in [2.45, 2.75) is 31.8 Å². The standard InChI is InChI=1S/C18H21ClN4O2S/c1-13-18(14(2)22(3)21-13)26(24,25)20-11-17-5-4-10-23(17)12-15-6-8-16(19)9-7-15/h4-10,20H,11-12H2,1-3H3. The van der Waals surface area contributed by atoms with Gasteiger partial charge in [-0.05, 0) is 43.7 Å². The second-order valence-electron chi connectivity index (χ2n) is 6.20. The lowest BCUT2D eigenvalue weighted by atomic mass is 10.2. The third-order valence-corrected chi connectivity index (χ3v) is 6.25. The minimum Gasteiger partial charge on any atom is -0.346 e. The molecular weight excluding hydrogens is 372 g/mol. The molecule has 0 fully saturated rings.